The normalized spacial score (nSPS) is 11.8. The van der Waals surface area contributed by atoms with E-state index in [1.807, 2.05) is 0 Å². The average molecular weight is 320 g/mol. The van der Waals surface area contributed by atoms with Crippen molar-refractivity contribution in [2.45, 2.75) is 6.18 Å². The van der Waals surface area contributed by atoms with Gasteiger partial charge >= 0.3 is 6.18 Å². The van der Waals surface area contributed by atoms with E-state index in [-0.39, 0.29) is 5.69 Å². The van der Waals surface area contributed by atoms with Crippen LogP contribution >= 0.6 is 0 Å². The van der Waals surface area contributed by atoms with Crippen LogP contribution in [0.2, 0.25) is 0 Å². The predicted octanol–water partition coefficient (Wildman–Crippen LogP) is 4.77. The fraction of sp³-hybridized carbons (Fsp3) is 0.125. The SMILES string of the molecule is Cn1c(-c2ccc(C(F)(F)F)cc2)cc2cc([N+](=O)[O-])ccc21. The molecule has 0 aliphatic carbocycles. The van der Waals surface area contributed by atoms with Crippen molar-refractivity contribution in [1.29, 1.82) is 0 Å². The molecule has 0 spiro atoms. The van der Waals surface area contributed by atoms with E-state index in [1.165, 1.54) is 24.3 Å². The Hall–Kier alpha value is -2.83. The summed E-state index contributed by atoms with van der Waals surface area (Å²) >= 11 is 0. The van der Waals surface area contributed by atoms with Gasteiger partial charge in [0.25, 0.3) is 5.69 Å². The van der Waals surface area contributed by atoms with Crippen molar-refractivity contribution >= 4 is 16.6 Å². The zero-order valence-corrected chi connectivity index (χ0v) is 12.0. The Bertz CT molecular complexity index is 896. The minimum Gasteiger partial charge on any atom is -0.344 e. The van der Waals surface area contributed by atoms with Gasteiger partial charge in [-0.3, -0.25) is 10.1 Å². The second-order valence-corrected chi connectivity index (χ2v) is 5.16. The number of hydrogen-bond donors (Lipinski definition) is 0. The first-order valence-corrected chi connectivity index (χ1v) is 6.69. The third-order valence-electron chi connectivity index (χ3n) is 3.74. The topological polar surface area (TPSA) is 48.1 Å². The average Bonchev–Trinajstić information content (AvgIpc) is 2.83. The number of non-ortho nitro benzene ring substituents is 1. The molecular formula is C16H11F3N2O2. The highest BCUT2D eigenvalue weighted by atomic mass is 19.4. The van der Waals surface area contributed by atoms with Crippen molar-refractivity contribution in [3.63, 3.8) is 0 Å². The number of aromatic nitrogens is 1. The molecule has 0 saturated heterocycles. The van der Waals surface area contributed by atoms with Crippen LogP contribution in [0.1, 0.15) is 5.56 Å². The van der Waals surface area contributed by atoms with E-state index in [2.05, 4.69) is 0 Å². The van der Waals surface area contributed by atoms with Crippen LogP contribution < -0.4 is 0 Å². The molecule has 1 aromatic heterocycles. The second-order valence-electron chi connectivity index (χ2n) is 5.16. The number of alkyl halides is 3. The number of hydrogen-bond acceptors (Lipinski definition) is 2. The smallest absolute Gasteiger partial charge is 0.344 e. The molecule has 0 N–H and O–H groups in total. The summed E-state index contributed by atoms with van der Waals surface area (Å²) in [7, 11) is 1.77. The molecule has 2 aromatic carbocycles. The first kappa shape index (κ1) is 15.1. The highest BCUT2D eigenvalue weighted by Crippen LogP contribution is 2.33. The monoisotopic (exact) mass is 320 g/mol. The number of nitro groups is 1. The largest absolute Gasteiger partial charge is 0.416 e. The molecule has 23 heavy (non-hydrogen) atoms. The van der Waals surface area contributed by atoms with Crippen molar-refractivity contribution in [2.75, 3.05) is 0 Å². The number of nitro benzene ring substituents is 1. The third kappa shape index (κ3) is 2.65. The van der Waals surface area contributed by atoms with Gasteiger partial charge in [-0.15, -0.1) is 0 Å². The fourth-order valence-corrected chi connectivity index (χ4v) is 2.56. The molecule has 7 heteroatoms. The van der Waals surface area contributed by atoms with E-state index in [0.717, 1.165) is 17.6 Å². The van der Waals surface area contributed by atoms with Crippen molar-refractivity contribution in [3.05, 3.63) is 64.2 Å². The Labute approximate surface area is 128 Å². The Morgan fingerprint density at radius 2 is 1.70 bits per heavy atom. The Kier molecular flexibility index (Phi) is 3.35. The molecule has 0 saturated carbocycles. The summed E-state index contributed by atoms with van der Waals surface area (Å²) < 4.78 is 39.7. The summed E-state index contributed by atoms with van der Waals surface area (Å²) in [6.45, 7) is 0. The third-order valence-corrected chi connectivity index (χ3v) is 3.74. The van der Waals surface area contributed by atoms with Gasteiger partial charge in [-0.2, -0.15) is 13.2 Å². The van der Waals surface area contributed by atoms with Crippen molar-refractivity contribution in [3.8, 4) is 11.3 Å². The van der Waals surface area contributed by atoms with Gasteiger partial charge < -0.3 is 4.57 Å². The minimum atomic E-state index is -4.38. The van der Waals surface area contributed by atoms with Crippen LogP contribution in [0.3, 0.4) is 0 Å². The quantitative estimate of drug-likeness (QED) is 0.504. The van der Waals surface area contributed by atoms with E-state index in [1.54, 1.807) is 23.7 Å². The molecule has 3 rings (SSSR count). The van der Waals surface area contributed by atoms with Gasteiger partial charge in [0.05, 0.1) is 10.5 Å². The van der Waals surface area contributed by atoms with Crippen LogP contribution in [-0.4, -0.2) is 9.49 Å². The van der Waals surface area contributed by atoms with Crippen LogP contribution in [0.4, 0.5) is 18.9 Å². The van der Waals surface area contributed by atoms with Crippen LogP contribution in [-0.2, 0) is 13.2 Å². The maximum Gasteiger partial charge on any atom is 0.416 e. The predicted molar refractivity (Wildman–Crippen MR) is 80.0 cm³/mol. The van der Waals surface area contributed by atoms with Gasteiger partial charge in [-0.05, 0) is 29.8 Å². The maximum absolute atomic E-state index is 12.6. The van der Waals surface area contributed by atoms with Gasteiger partial charge in [0.15, 0.2) is 0 Å². The summed E-state index contributed by atoms with van der Waals surface area (Å²) in [5.41, 5.74) is 1.33. The number of aryl methyl sites for hydroxylation is 1. The van der Waals surface area contributed by atoms with Gasteiger partial charge in [0.1, 0.15) is 0 Å². The van der Waals surface area contributed by atoms with Gasteiger partial charge in [0, 0.05) is 35.8 Å². The van der Waals surface area contributed by atoms with Gasteiger partial charge in [-0.25, -0.2) is 0 Å². The van der Waals surface area contributed by atoms with E-state index >= 15 is 0 Å². The Morgan fingerprint density at radius 3 is 2.26 bits per heavy atom. The number of rotatable bonds is 2. The molecule has 1 heterocycles. The number of halogens is 3. The molecule has 118 valence electrons. The molecular weight excluding hydrogens is 309 g/mol. The summed E-state index contributed by atoms with van der Waals surface area (Å²) in [5, 5.41) is 11.5. The van der Waals surface area contributed by atoms with E-state index < -0.39 is 16.7 Å². The first-order valence-electron chi connectivity index (χ1n) is 6.69. The number of benzene rings is 2. The van der Waals surface area contributed by atoms with Crippen molar-refractivity contribution in [1.82, 2.24) is 4.57 Å². The van der Waals surface area contributed by atoms with E-state index in [4.69, 9.17) is 0 Å². The van der Waals surface area contributed by atoms with Crippen molar-refractivity contribution in [2.24, 2.45) is 7.05 Å². The minimum absolute atomic E-state index is 0.0259. The lowest BCUT2D eigenvalue weighted by Gasteiger charge is -2.08. The lowest BCUT2D eigenvalue weighted by Crippen LogP contribution is -2.04. The highest BCUT2D eigenvalue weighted by molar-refractivity contribution is 5.88. The van der Waals surface area contributed by atoms with Gasteiger partial charge in [-0.1, -0.05) is 12.1 Å². The lowest BCUT2D eigenvalue weighted by atomic mass is 10.1. The molecule has 0 amide bonds. The fourth-order valence-electron chi connectivity index (χ4n) is 2.56. The molecule has 0 atom stereocenters. The van der Waals surface area contributed by atoms with Gasteiger partial charge in [0.2, 0.25) is 0 Å². The summed E-state index contributed by atoms with van der Waals surface area (Å²) in [4.78, 5) is 10.3. The van der Waals surface area contributed by atoms with Crippen LogP contribution in [0.5, 0.6) is 0 Å². The lowest BCUT2D eigenvalue weighted by molar-refractivity contribution is -0.384. The van der Waals surface area contributed by atoms with Crippen LogP contribution in [0.25, 0.3) is 22.2 Å². The zero-order valence-electron chi connectivity index (χ0n) is 12.0. The standard InChI is InChI=1S/C16H11F3N2O2/c1-20-14-7-6-13(21(22)23)8-11(14)9-15(20)10-2-4-12(5-3-10)16(17,18)19/h2-9H,1H3. The molecule has 0 fully saturated rings. The molecule has 3 aromatic rings. The molecule has 0 aliphatic heterocycles. The summed E-state index contributed by atoms with van der Waals surface area (Å²) in [5.74, 6) is 0. The van der Waals surface area contributed by atoms with Crippen molar-refractivity contribution < 1.29 is 18.1 Å². The first-order chi connectivity index (χ1) is 10.8. The van der Waals surface area contributed by atoms with Crippen LogP contribution in [0, 0.1) is 10.1 Å². The molecule has 0 bridgehead atoms. The molecule has 4 nitrogen and oxygen atoms in total. The summed E-state index contributed by atoms with van der Waals surface area (Å²) in [6.07, 6.45) is -4.38. The molecule has 0 radical (unpaired) electrons. The highest BCUT2D eigenvalue weighted by Gasteiger charge is 2.30. The number of nitrogens with zero attached hydrogens (tertiary/aromatic N) is 2. The van der Waals surface area contributed by atoms with E-state index in [0.29, 0.717) is 16.6 Å². The van der Waals surface area contributed by atoms with E-state index in [9.17, 15) is 23.3 Å². The molecule has 0 unspecified atom stereocenters. The zero-order chi connectivity index (χ0) is 16.8. The Balaban J connectivity index is 2.09. The van der Waals surface area contributed by atoms with Crippen LogP contribution in [0.15, 0.2) is 48.5 Å². The Morgan fingerprint density at radius 1 is 1.04 bits per heavy atom. The molecule has 0 aliphatic rings. The summed E-state index contributed by atoms with van der Waals surface area (Å²) in [6, 6.07) is 11.0. The number of fused-ring (bicyclic) bond motifs is 1. The second kappa shape index (κ2) is 5.12. The maximum atomic E-state index is 12.6.